The van der Waals surface area contributed by atoms with Crippen LogP contribution in [0, 0.1) is 85.6 Å². The minimum Gasteiger partial charge on any atom is -0.519 e. The van der Waals surface area contributed by atoms with Crippen LogP contribution in [0.1, 0.15) is 27.8 Å². The molecule has 0 amide bonds. The van der Waals surface area contributed by atoms with E-state index in [2.05, 4.69) is 228 Å². The second kappa shape index (κ2) is 19.0. The van der Waals surface area contributed by atoms with Crippen molar-refractivity contribution < 1.29 is 40.8 Å². The predicted molar refractivity (Wildman–Crippen MR) is 275 cm³/mol. The van der Waals surface area contributed by atoms with Gasteiger partial charge in [-0.2, -0.15) is 12.1 Å². The zero-order chi connectivity index (χ0) is 46.0. The fourth-order valence-corrected chi connectivity index (χ4v) is 8.73. The van der Waals surface area contributed by atoms with Gasteiger partial charge in [-0.1, -0.05) is 83.2 Å². The molecule has 11 nitrogen and oxygen atoms in total. The quantitative estimate of drug-likeness (QED) is 0.103. The normalized spacial score (nSPS) is 15.2. The number of aryl methyl sites for hydroxylation is 4. The molecule has 0 aliphatic carbocycles. The Kier molecular flexibility index (Phi) is 12.6. The van der Waals surface area contributed by atoms with Crippen LogP contribution in [-0.2, 0) is 40.8 Å². The van der Waals surface area contributed by atoms with Gasteiger partial charge in [-0.3, -0.25) is 9.97 Å². The Balaban J connectivity index is 0.00000284. The fraction of sp³-hybridized carbons (Fsp3) is 0.0877. The molecule has 0 saturated heterocycles. The van der Waals surface area contributed by atoms with Crippen molar-refractivity contribution >= 4 is 67.6 Å². The molecule has 0 unspecified atom stereocenters. The number of fused-ring (bicyclic) bond motifs is 3. The van der Waals surface area contributed by atoms with Crippen LogP contribution >= 0.6 is 0 Å². The number of aromatic nitrogens is 3. The van der Waals surface area contributed by atoms with E-state index < -0.39 is 0 Å². The van der Waals surface area contributed by atoms with Crippen LogP contribution in [0.15, 0.2) is 159 Å². The Hall–Kier alpha value is -7.12. The van der Waals surface area contributed by atoms with Crippen molar-refractivity contribution in [2.75, 3.05) is 39.2 Å². The Morgan fingerprint density at radius 1 is 0.357 bits per heavy atom. The molecule has 8 aromatic rings. The molecule has 0 N–H and O–H groups in total. The summed E-state index contributed by atoms with van der Waals surface area (Å²) < 4.78 is 2.15. The van der Waals surface area contributed by atoms with E-state index in [1.807, 2.05) is 60.3 Å². The molecule has 70 heavy (non-hydrogen) atoms. The van der Waals surface area contributed by atoms with Crippen molar-refractivity contribution in [3.8, 4) is 5.69 Å². The Labute approximate surface area is 437 Å². The summed E-state index contributed by atoms with van der Waals surface area (Å²) in [5.41, 5.74) is 14.0. The van der Waals surface area contributed by atoms with Crippen molar-refractivity contribution in [3.63, 3.8) is 0 Å². The summed E-state index contributed by atoms with van der Waals surface area (Å²) in [4.78, 5) is 26.6. The Bertz CT molecular complexity index is 3130. The van der Waals surface area contributed by atoms with Gasteiger partial charge in [-0.05, 0) is 126 Å². The van der Waals surface area contributed by atoms with Gasteiger partial charge in [-0.15, -0.1) is 44.6 Å². The Morgan fingerprint density at radius 3 is 0.971 bits per heavy atom. The maximum atomic E-state index is 4.99. The van der Waals surface area contributed by atoms with Gasteiger partial charge < -0.3 is 55.9 Å². The van der Waals surface area contributed by atoms with E-state index in [-0.39, 0.29) is 40.8 Å². The molecule has 4 aliphatic heterocycles. The van der Waals surface area contributed by atoms with Gasteiger partial charge in [0.1, 0.15) is 0 Å². The molecule has 0 atom stereocenters. The van der Waals surface area contributed by atoms with Crippen molar-refractivity contribution in [2.45, 2.75) is 34.6 Å². The monoisotopic (exact) mass is 1100 g/mol. The minimum atomic E-state index is 0. The first-order valence-corrected chi connectivity index (χ1v) is 22.5. The van der Waals surface area contributed by atoms with Crippen LogP contribution in [-0.4, -0.2) is 14.5 Å². The molecule has 4 aliphatic rings. The Morgan fingerprint density at radius 2 is 0.643 bits per heavy atom. The predicted octanol–water partition coefficient (Wildman–Crippen LogP) is 12.0. The average molecular weight is 1100 g/mol. The van der Waals surface area contributed by atoms with E-state index in [0.717, 1.165) is 61.5 Å². The summed E-state index contributed by atoms with van der Waals surface area (Å²) in [6.45, 7) is 18.8. The van der Waals surface area contributed by atoms with Crippen LogP contribution in [0.4, 0.5) is 45.8 Å². The molecule has 13 heteroatoms. The van der Waals surface area contributed by atoms with E-state index in [9.17, 15) is 0 Å². The number of hydrogen-bond donors (Lipinski definition) is 0. The first kappa shape index (κ1) is 46.6. The molecule has 3 aromatic heterocycles. The minimum absolute atomic E-state index is 0. The van der Waals surface area contributed by atoms with Crippen LogP contribution in [0.25, 0.3) is 27.5 Å². The molecular formula is C57H45N11Pd2-8. The van der Waals surface area contributed by atoms with Crippen LogP contribution < -0.4 is 39.2 Å². The van der Waals surface area contributed by atoms with E-state index in [4.69, 9.17) is 9.97 Å². The standard InChI is InChI=1S/C57H45N11.2Pd/c1-40-6-14-45(15-7-40)60-22-26-64(36-60)52-30-49(31-53(44(52)5)65-27-23-61(37-65)46-16-8-41(2)9-17-46)68-54-32-56(66-28-24-62(38-66)47-18-10-42(3)11-19-47)58-34-50(54)51-35-59-57(33-55(51)68)67-29-25-63(39-67)48-20-12-43(4)13-21-48;;/h6-29,34-39H,1-5H3;;/q-8;;. The molecule has 0 radical (unpaired) electrons. The largest absolute Gasteiger partial charge is 0.519 e. The van der Waals surface area contributed by atoms with E-state index in [1.165, 1.54) is 22.3 Å². The van der Waals surface area contributed by atoms with E-state index in [1.54, 1.807) is 0 Å². The van der Waals surface area contributed by atoms with Gasteiger partial charge in [0.15, 0.2) is 0 Å². The van der Waals surface area contributed by atoms with Gasteiger partial charge >= 0.3 is 0 Å². The van der Waals surface area contributed by atoms with Crippen LogP contribution in [0.3, 0.4) is 0 Å². The van der Waals surface area contributed by atoms with Crippen molar-refractivity contribution in [1.82, 2.24) is 14.5 Å². The third-order valence-electron chi connectivity index (χ3n) is 12.6. The second-order valence-corrected chi connectivity index (χ2v) is 17.4. The first-order chi connectivity index (χ1) is 33.2. The van der Waals surface area contributed by atoms with Gasteiger partial charge in [0.25, 0.3) is 0 Å². The maximum Gasteiger partial charge on any atom is 0.0124 e. The molecule has 12 rings (SSSR count). The molecular weight excluding hydrogens is 1050 g/mol. The smallest absolute Gasteiger partial charge is 0.0124 e. The van der Waals surface area contributed by atoms with Crippen LogP contribution in [0.2, 0.25) is 0 Å². The average Bonchev–Trinajstić information content (AvgIpc) is 4.23. The second-order valence-electron chi connectivity index (χ2n) is 17.4. The summed E-state index contributed by atoms with van der Waals surface area (Å²) in [5.74, 6) is 1.26. The van der Waals surface area contributed by atoms with Gasteiger partial charge in [0, 0.05) is 75.2 Å². The summed E-state index contributed by atoms with van der Waals surface area (Å²) in [5, 5.41) is 1.75. The molecule has 0 fully saturated rings. The molecule has 356 valence electrons. The van der Waals surface area contributed by atoms with E-state index in [0.29, 0.717) is 17.3 Å². The summed E-state index contributed by atoms with van der Waals surface area (Å²) in [6, 6.07) is 49.2. The number of anilines is 8. The zero-order valence-electron chi connectivity index (χ0n) is 38.9. The third kappa shape index (κ3) is 8.65. The topological polar surface area (TPSA) is 56.6 Å². The number of benzene rings is 5. The van der Waals surface area contributed by atoms with Gasteiger partial charge in [0.2, 0.25) is 0 Å². The molecule has 0 bridgehead atoms. The number of hydrogen-bond acceptors (Lipinski definition) is 10. The number of nitrogens with zero attached hydrogens (tertiary/aromatic N) is 11. The van der Waals surface area contributed by atoms with Crippen LogP contribution in [0.5, 0.6) is 0 Å². The molecule has 5 aromatic carbocycles. The third-order valence-corrected chi connectivity index (χ3v) is 12.6. The fourth-order valence-electron chi connectivity index (χ4n) is 8.73. The van der Waals surface area contributed by atoms with Crippen molar-refractivity contribution in [1.29, 1.82) is 0 Å². The summed E-state index contributed by atoms with van der Waals surface area (Å²) in [6.07, 6.45) is 20.2. The first-order valence-electron chi connectivity index (χ1n) is 22.5. The molecule has 0 spiro atoms. The molecule has 0 saturated carbocycles. The van der Waals surface area contributed by atoms with E-state index >= 15 is 0 Å². The SMILES string of the molecule is Cc1ccc(N2C=CN(c3[c-]c4c(cn3)c3cnc(N5C=CN(c6ccc(C)cc6)[CH-]5)[c-]c3n4-c3[c-]c(N4C=CN(c5ccc(C)cc5)[CH-]4)c(C)c(N4C=CN(c5ccc(C)cc5)[CH-]4)[c-]3)[CH-]2)cc1.[Pd].[Pd]. The number of pyridine rings is 2. The van der Waals surface area contributed by atoms with Gasteiger partial charge in [0.05, 0.1) is 0 Å². The summed E-state index contributed by atoms with van der Waals surface area (Å²) in [7, 11) is 0. The zero-order valence-corrected chi connectivity index (χ0v) is 42.0. The maximum absolute atomic E-state index is 4.99. The number of rotatable bonds is 9. The summed E-state index contributed by atoms with van der Waals surface area (Å²) >= 11 is 0. The van der Waals surface area contributed by atoms with Crippen molar-refractivity contribution in [2.24, 2.45) is 0 Å². The van der Waals surface area contributed by atoms with Gasteiger partial charge in [-0.25, -0.2) is 33.4 Å². The molecule has 7 heterocycles. The van der Waals surface area contributed by atoms with Crippen molar-refractivity contribution in [3.05, 3.63) is 238 Å².